The number of amides is 2. The highest BCUT2D eigenvalue weighted by Gasteiger charge is 2.04. The number of carbonyl (C=O) groups is 2. The van der Waals surface area contributed by atoms with E-state index in [-0.39, 0.29) is 12.5 Å². The highest BCUT2D eigenvalue weighted by molar-refractivity contribution is 5.89. The lowest BCUT2D eigenvalue weighted by molar-refractivity contribution is -0.136. The van der Waals surface area contributed by atoms with E-state index in [1.54, 1.807) is 12.1 Å². The maximum absolute atomic E-state index is 11.7. The molecule has 1 aromatic rings. The van der Waals surface area contributed by atoms with Crippen molar-refractivity contribution in [1.29, 1.82) is 0 Å². The standard InChI is InChI=1S/C16H24N2O3/c1-12(2)5-4-10-17-16(21)18-14-7-3-6-13(11-14)8-9-15(19)20/h3,6-7,11-12H,4-5,8-10H2,1-2H3,(H,19,20)(H2,17,18,21). The lowest BCUT2D eigenvalue weighted by atomic mass is 10.1. The molecule has 21 heavy (non-hydrogen) atoms. The minimum atomic E-state index is -0.823. The Labute approximate surface area is 125 Å². The van der Waals surface area contributed by atoms with Crippen LogP contribution < -0.4 is 10.6 Å². The lowest BCUT2D eigenvalue weighted by Gasteiger charge is -2.09. The molecular weight excluding hydrogens is 268 g/mol. The SMILES string of the molecule is CC(C)CCCNC(=O)Nc1cccc(CCC(=O)O)c1. The van der Waals surface area contributed by atoms with Crippen LogP contribution in [0.1, 0.15) is 38.7 Å². The molecule has 0 heterocycles. The van der Waals surface area contributed by atoms with Crippen molar-refractivity contribution in [2.45, 2.75) is 39.5 Å². The topological polar surface area (TPSA) is 78.4 Å². The number of anilines is 1. The van der Waals surface area contributed by atoms with Gasteiger partial charge in [-0.15, -0.1) is 0 Å². The van der Waals surface area contributed by atoms with Crippen molar-refractivity contribution in [2.24, 2.45) is 5.92 Å². The van der Waals surface area contributed by atoms with Crippen LogP contribution >= 0.6 is 0 Å². The number of urea groups is 1. The third-order valence-corrected chi connectivity index (χ3v) is 3.06. The van der Waals surface area contributed by atoms with Crippen molar-refractivity contribution < 1.29 is 14.7 Å². The second-order valence-corrected chi connectivity index (χ2v) is 5.51. The van der Waals surface area contributed by atoms with Crippen molar-refractivity contribution >= 4 is 17.7 Å². The first-order valence-corrected chi connectivity index (χ1v) is 7.33. The molecule has 2 amide bonds. The van der Waals surface area contributed by atoms with Gasteiger partial charge in [-0.05, 0) is 42.9 Å². The molecule has 5 heteroatoms. The van der Waals surface area contributed by atoms with E-state index in [9.17, 15) is 9.59 Å². The molecule has 0 bridgehead atoms. The summed E-state index contributed by atoms with van der Waals surface area (Å²) in [5.74, 6) is -0.183. The van der Waals surface area contributed by atoms with Crippen LogP contribution in [0.25, 0.3) is 0 Å². The molecule has 0 unspecified atom stereocenters. The maximum Gasteiger partial charge on any atom is 0.319 e. The van der Waals surface area contributed by atoms with Gasteiger partial charge >= 0.3 is 12.0 Å². The number of nitrogens with one attached hydrogen (secondary N) is 2. The minimum Gasteiger partial charge on any atom is -0.481 e. The second-order valence-electron chi connectivity index (χ2n) is 5.51. The molecule has 0 aliphatic carbocycles. The second kappa shape index (κ2) is 9.00. The summed E-state index contributed by atoms with van der Waals surface area (Å²) < 4.78 is 0. The summed E-state index contributed by atoms with van der Waals surface area (Å²) in [6.07, 6.45) is 2.60. The molecule has 0 saturated heterocycles. The zero-order valence-corrected chi connectivity index (χ0v) is 12.7. The molecule has 0 aliphatic rings. The predicted molar refractivity (Wildman–Crippen MR) is 83.5 cm³/mol. The summed E-state index contributed by atoms with van der Waals surface area (Å²) in [5.41, 5.74) is 1.58. The van der Waals surface area contributed by atoms with E-state index in [0.29, 0.717) is 24.6 Å². The Morgan fingerprint density at radius 3 is 2.71 bits per heavy atom. The Balaban J connectivity index is 2.38. The number of aryl methyl sites for hydroxylation is 1. The van der Waals surface area contributed by atoms with E-state index >= 15 is 0 Å². The molecule has 0 atom stereocenters. The first-order chi connectivity index (χ1) is 9.97. The summed E-state index contributed by atoms with van der Waals surface area (Å²) in [6, 6.07) is 7.03. The van der Waals surface area contributed by atoms with Crippen molar-refractivity contribution in [1.82, 2.24) is 5.32 Å². The largest absolute Gasteiger partial charge is 0.481 e. The number of carboxylic acids is 1. The number of hydrogen-bond donors (Lipinski definition) is 3. The van der Waals surface area contributed by atoms with Gasteiger partial charge in [-0.3, -0.25) is 4.79 Å². The number of benzene rings is 1. The van der Waals surface area contributed by atoms with Gasteiger partial charge in [0.05, 0.1) is 0 Å². The molecule has 1 rings (SSSR count). The van der Waals surface area contributed by atoms with Gasteiger partial charge in [0.25, 0.3) is 0 Å². The van der Waals surface area contributed by atoms with E-state index in [1.165, 1.54) is 0 Å². The fourth-order valence-electron chi connectivity index (χ4n) is 1.94. The predicted octanol–water partition coefficient (Wildman–Crippen LogP) is 3.26. The minimum absolute atomic E-state index is 0.0881. The molecule has 1 aromatic carbocycles. The Morgan fingerprint density at radius 1 is 1.29 bits per heavy atom. The van der Waals surface area contributed by atoms with Crippen LogP contribution in [0.4, 0.5) is 10.5 Å². The maximum atomic E-state index is 11.7. The van der Waals surface area contributed by atoms with Crippen molar-refractivity contribution in [3.8, 4) is 0 Å². The molecule has 0 fully saturated rings. The fraction of sp³-hybridized carbons (Fsp3) is 0.500. The van der Waals surface area contributed by atoms with Crippen molar-refractivity contribution in [3.05, 3.63) is 29.8 Å². The first kappa shape index (κ1) is 17.0. The Bertz CT molecular complexity index is 472. The Hall–Kier alpha value is -2.04. The van der Waals surface area contributed by atoms with E-state index in [2.05, 4.69) is 24.5 Å². The molecule has 0 radical (unpaired) electrons. The molecular formula is C16H24N2O3. The smallest absolute Gasteiger partial charge is 0.319 e. The van der Waals surface area contributed by atoms with Gasteiger partial charge in [-0.25, -0.2) is 4.79 Å². The van der Waals surface area contributed by atoms with E-state index in [4.69, 9.17) is 5.11 Å². The van der Waals surface area contributed by atoms with E-state index < -0.39 is 5.97 Å². The van der Waals surface area contributed by atoms with Crippen LogP contribution in [-0.4, -0.2) is 23.7 Å². The lowest BCUT2D eigenvalue weighted by Crippen LogP contribution is -2.29. The van der Waals surface area contributed by atoms with Crippen molar-refractivity contribution in [3.63, 3.8) is 0 Å². The van der Waals surface area contributed by atoms with Crippen LogP contribution in [-0.2, 0) is 11.2 Å². The molecule has 0 aromatic heterocycles. The average molecular weight is 292 g/mol. The van der Waals surface area contributed by atoms with Crippen LogP contribution in [0.15, 0.2) is 24.3 Å². The van der Waals surface area contributed by atoms with Gasteiger partial charge in [0.2, 0.25) is 0 Å². The summed E-state index contributed by atoms with van der Waals surface area (Å²) in [6.45, 7) is 4.97. The average Bonchev–Trinajstić information content (AvgIpc) is 2.41. The van der Waals surface area contributed by atoms with Crippen LogP contribution in [0, 0.1) is 5.92 Å². The molecule has 0 spiro atoms. The van der Waals surface area contributed by atoms with Gasteiger partial charge in [-0.2, -0.15) is 0 Å². The number of hydrogen-bond acceptors (Lipinski definition) is 2. The van der Waals surface area contributed by atoms with E-state index in [1.807, 2.05) is 12.1 Å². The summed E-state index contributed by atoms with van der Waals surface area (Å²) in [7, 11) is 0. The van der Waals surface area contributed by atoms with E-state index in [0.717, 1.165) is 18.4 Å². The van der Waals surface area contributed by atoms with Gasteiger partial charge in [-0.1, -0.05) is 26.0 Å². The van der Waals surface area contributed by atoms with Gasteiger partial charge < -0.3 is 15.7 Å². The number of carbonyl (C=O) groups excluding carboxylic acids is 1. The Kier molecular flexibility index (Phi) is 7.29. The molecule has 3 N–H and O–H groups in total. The van der Waals surface area contributed by atoms with Gasteiger partial charge in [0.1, 0.15) is 0 Å². The van der Waals surface area contributed by atoms with Crippen molar-refractivity contribution in [2.75, 3.05) is 11.9 Å². The van der Waals surface area contributed by atoms with Gasteiger partial charge in [0, 0.05) is 18.7 Å². The number of carboxylic acid groups (broad SMARTS) is 1. The van der Waals surface area contributed by atoms with Crippen LogP contribution in [0.3, 0.4) is 0 Å². The quantitative estimate of drug-likeness (QED) is 0.643. The number of aliphatic carboxylic acids is 1. The third kappa shape index (κ3) is 7.97. The summed E-state index contributed by atoms with van der Waals surface area (Å²) in [5, 5.41) is 14.2. The molecule has 5 nitrogen and oxygen atoms in total. The summed E-state index contributed by atoms with van der Waals surface area (Å²) >= 11 is 0. The van der Waals surface area contributed by atoms with Crippen LogP contribution in [0.5, 0.6) is 0 Å². The Morgan fingerprint density at radius 2 is 2.05 bits per heavy atom. The first-order valence-electron chi connectivity index (χ1n) is 7.33. The molecule has 0 saturated carbocycles. The summed E-state index contributed by atoms with van der Waals surface area (Å²) in [4.78, 5) is 22.3. The highest BCUT2D eigenvalue weighted by Crippen LogP contribution is 2.12. The third-order valence-electron chi connectivity index (χ3n) is 3.06. The highest BCUT2D eigenvalue weighted by atomic mass is 16.4. The molecule has 116 valence electrons. The molecule has 0 aliphatic heterocycles. The zero-order chi connectivity index (χ0) is 15.7. The normalized spacial score (nSPS) is 10.4. The fourth-order valence-corrected chi connectivity index (χ4v) is 1.94. The zero-order valence-electron chi connectivity index (χ0n) is 12.7. The number of rotatable bonds is 8. The van der Waals surface area contributed by atoms with Gasteiger partial charge in [0.15, 0.2) is 0 Å². The monoisotopic (exact) mass is 292 g/mol. The van der Waals surface area contributed by atoms with Crippen LogP contribution in [0.2, 0.25) is 0 Å².